The normalized spacial score (nSPS) is 20.4. The van der Waals surface area contributed by atoms with Crippen molar-refractivity contribution in [1.29, 1.82) is 0 Å². The highest BCUT2D eigenvalue weighted by molar-refractivity contribution is 5.85. The number of rotatable bonds is 8. The average Bonchev–Trinajstić information content (AvgIpc) is 2.61. The van der Waals surface area contributed by atoms with Crippen LogP contribution in [-0.2, 0) is 9.53 Å². The zero-order chi connectivity index (χ0) is 17.4. The molecular formula is C19H39Cl2N3O2. The maximum atomic E-state index is 13.1. The van der Waals surface area contributed by atoms with Gasteiger partial charge in [0, 0.05) is 26.7 Å². The van der Waals surface area contributed by atoms with Gasteiger partial charge in [-0.15, -0.1) is 24.8 Å². The first-order valence-corrected chi connectivity index (χ1v) is 9.79. The number of hydrogen-bond donors (Lipinski definition) is 1. The molecule has 1 amide bonds. The first-order valence-electron chi connectivity index (χ1n) is 9.79. The first-order chi connectivity index (χ1) is 11.6. The van der Waals surface area contributed by atoms with E-state index in [4.69, 9.17) is 4.74 Å². The number of nitrogens with zero attached hydrogens (tertiary/aromatic N) is 2. The molecule has 2 aliphatic heterocycles. The van der Waals surface area contributed by atoms with Gasteiger partial charge in [0.15, 0.2) is 0 Å². The molecule has 0 aromatic carbocycles. The van der Waals surface area contributed by atoms with Crippen LogP contribution in [0.2, 0.25) is 0 Å². The number of carbonyl (C=O) groups excluding carboxylic acids is 1. The summed E-state index contributed by atoms with van der Waals surface area (Å²) in [5.74, 6) is 1.07. The molecular weight excluding hydrogens is 373 g/mol. The van der Waals surface area contributed by atoms with Crippen molar-refractivity contribution in [2.45, 2.75) is 45.4 Å². The minimum Gasteiger partial charge on any atom is -0.384 e. The van der Waals surface area contributed by atoms with Gasteiger partial charge < -0.3 is 19.9 Å². The highest BCUT2D eigenvalue weighted by atomic mass is 35.5. The molecule has 2 aliphatic rings. The molecule has 26 heavy (non-hydrogen) atoms. The van der Waals surface area contributed by atoms with E-state index >= 15 is 0 Å². The Bertz CT molecular complexity index is 379. The van der Waals surface area contributed by atoms with E-state index in [-0.39, 0.29) is 30.2 Å². The van der Waals surface area contributed by atoms with Gasteiger partial charge in [0.05, 0.1) is 12.0 Å². The van der Waals surface area contributed by atoms with Crippen molar-refractivity contribution in [3.8, 4) is 0 Å². The summed E-state index contributed by atoms with van der Waals surface area (Å²) in [4.78, 5) is 17.7. The van der Waals surface area contributed by atoms with E-state index in [9.17, 15) is 4.79 Å². The van der Waals surface area contributed by atoms with E-state index in [0.29, 0.717) is 12.5 Å². The SMILES string of the molecule is CCCCN(C)CC1CCN(C(=O)C2(COC)CCNCC2)CC1.Cl.Cl. The molecule has 5 nitrogen and oxygen atoms in total. The Hall–Kier alpha value is -0.0700. The smallest absolute Gasteiger partial charge is 0.231 e. The summed E-state index contributed by atoms with van der Waals surface area (Å²) in [6.07, 6.45) is 6.63. The molecule has 0 radical (unpaired) electrons. The van der Waals surface area contributed by atoms with Crippen molar-refractivity contribution in [3.63, 3.8) is 0 Å². The minimum absolute atomic E-state index is 0. The third-order valence-corrected chi connectivity index (χ3v) is 5.80. The van der Waals surface area contributed by atoms with Crippen molar-refractivity contribution < 1.29 is 9.53 Å². The fraction of sp³-hybridized carbons (Fsp3) is 0.947. The van der Waals surface area contributed by atoms with Crippen LogP contribution < -0.4 is 5.32 Å². The van der Waals surface area contributed by atoms with Crippen molar-refractivity contribution >= 4 is 30.7 Å². The maximum absolute atomic E-state index is 13.1. The van der Waals surface area contributed by atoms with Gasteiger partial charge in [-0.25, -0.2) is 0 Å². The van der Waals surface area contributed by atoms with E-state index < -0.39 is 0 Å². The van der Waals surface area contributed by atoms with Crippen LogP contribution in [-0.4, -0.2) is 75.7 Å². The van der Waals surface area contributed by atoms with Gasteiger partial charge in [0.25, 0.3) is 0 Å². The van der Waals surface area contributed by atoms with Gasteiger partial charge in [-0.3, -0.25) is 4.79 Å². The van der Waals surface area contributed by atoms with Gasteiger partial charge in [0.2, 0.25) is 5.91 Å². The predicted molar refractivity (Wildman–Crippen MR) is 113 cm³/mol. The Morgan fingerprint density at radius 1 is 1.23 bits per heavy atom. The summed E-state index contributed by atoms with van der Waals surface area (Å²) in [7, 11) is 3.95. The minimum atomic E-state index is -0.287. The number of methoxy groups -OCH3 is 1. The molecule has 2 rings (SSSR count). The van der Waals surface area contributed by atoms with E-state index in [2.05, 4.69) is 29.1 Å². The average molecular weight is 412 g/mol. The lowest BCUT2D eigenvalue weighted by Crippen LogP contribution is -2.53. The third kappa shape index (κ3) is 7.16. The Morgan fingerprint density at radius 3 is 2.38 bits per heavy atom. The van der Waals surface area contributed by atoms with Gasteiger partial charge >= 0.3 is 0 Å². The number of piperidine rings is 2. The van der Waals surface area contributed by atoms with Gasteiger partial charge in [0.1, 0.15) is 0 Å². The van der Waals surface area contributed by atoms with Crippen molar-refractivity contribution in [3.05, 3.63) is 0 Å². The number of likely N-dealkylation sites (tertiary alicyclic amines) is 1. The first kappa shape index (κ1) is 25.9. The molecule has 2 heterocycles. The second kappa shape index (κ2) is 13.2. The number of halogens is 2. The van der Waals surface area contributed by atoms with Crippen molar-refractivity contribution in [2.24, 2.45) is 11.3 Å². The molecule has 2 saturated heterocycles. The summed E-state index contributed by atoms with van der Waals surface area (Å²) < 4.78 is 5.43. The number of unbranched alkanes of at least 4 members (excludes halogenated alkanes) is 1. The zero-order valence-corrected chi connectivity index (χ0v) is 18.4. The monoisotopic (exact) mass is 411 g/mol. The Balaban J connectivity index is 0.00000312. The lowest BCUT2D eigenvalue weighted by molar-refractivity contribution is -0.149. The van der Waals surface area contributed by atoms with Crippen LogP contribution in [0, 0.1) is 11.3 Å². The third-order valence-electron chi connectivity index (χ3n) is 5.80. The summed E-state index contributed by atoms with van der Waals surface area (Å²) in [6, 6.07) is 0. The molecule has 2 fully saturated rings. The maximum Gasteiger partial charge on any atom is 0.231 e. The Kier molecular flexibility index (Phi) is 13.1. The Morgan fingerprint density at radius 2 is 1.85 bits per heavy atom. The van der Waals surface area contributed by atoms with Crippen LogP contribution in [0.5, 0.6) is 0 Å². The largest absolute Gasteiger partial charge is 0.384 e. The lowest BCUT2D eigenvalue weighted by Gasteiger charge is -2.42. The molecule has 0 bridgehead atoms. The number of carbonyl (C=O) groups is 1. The molecule has 0 aliphatic carbocycles. The predicted octanol–water partition coefficient (Wildman–Crippen LogP) is 2.82. The lowest BCUT2D eigenvalue weighted by atomic mass is 9.77. The summed E-state index contributed by atoms with van der Waals surface area (Å²) >= 11 is 0. The highest BCUT2D eigenvalue weighted by Crippen LogP contribution is 2.33. The molecule has 156 valence electrons. The standard InChI is InChI=1S/C19H37N3O2.2ClH/c1-4-5-12-21(2)15-17-6-13-22(14-7-17)18(23)19(16-24-3)8-10-20-11-9-19;;/h17,20H,4-16H2,1-3H3;2*1H. The summed E-state index contributed by atoms with van der Waals surface area (Å²) in [5.41, 5.74) is -0.287. The molecule has 0 atom stereocenters. The number of hydrogen-bond acceptors (Lipinski definition) is 4. The van der Waals surface area contributed by atoms with Gasteiger partial charge in [-0.2, -0.15) is 0 Å². The highest BCUT2D eigenvalue weighted by Gasteiger charge is 2.42. The molecule has 1 N–H and O–H groups in total. The zero-order valence-electron chi connectivity index (χ0n) is 16.8. The number of amides is 1. The van der Waals surface area contributed by atoms with Crippen LogP contribution >= 0.6 is 24.8 Å². The molecule has 7 heteroatoms. The van der Waals surface area contributed by atoms with Crippen LogP contribution in [0.4, 0.5) is 0 Å². The summed E-state index contributed by atoms with van der Waals surface area (Å²) in [6.45, 7) is 8.87. The van der Waals surface area contributed by atoms with Gasteiger partial charge in [-0.1, -0.05) is 13.3 Å². The molecule has 0 unspecified atom stereocenters. The number of ether oxygens (including phenoxy) is 1. The van der Waals surface area contributed by atoms with Crippen LogP contribution in [0.1, 0.15) is 45.4 Å². The van der Waals surface area contributed by atoms with E-state index in [1.165, 1.54) is 25.9 Å². The van der Waals surface area contributed by atoms with Crippen molar-refractivity contribution in [1.82, 2.24) is 15.1 Å². The summed E-state index contributed by atoms with van der Waals surface area (Å²) in [5, 5.41) is 3.37. The quantitative estimate of drug-likeness (QED) is 0.666. The van der Waals surface area contributed by atoms with Crippen LogP contribution in [0.3, 0.4) is 0 Å². The molecule has 0 aromatic heterocycles. The van der Waals surface area contributed by atoms with Crippen LogP contribution in [0.25, 0.3) is 0 Å². The fourth-order valence-corrected chi connectivity index (χ4v) is 4.22. The molecule has 0 saturated carbocycles. The van der Waals surface area contributed by atoms with Crippen molar-refractivity contribution in [2.75, 3.05) is 60.0 Å². The van der Waals surface area contributed by atoms with E-state index in [1.54, 1.807) is 7.11 Å². The fourth-order valence-electron chi connectivity index (χ4n) is 4.22. The molecule has 0 spiro atoms. The Labute approximate surface area is 172 Å². The van der Waals surface area contributed by atoms with Crippen LogP contribution in [0.15, 0.2) is 0 Å². The van der Waals surface area contributed by atoms with Gasteiger partial charge in [-0.05, 0) is 64.7 Å². The second-order valence-electron chi connectivity index (χ2n) is 7.81. The van der Waals surface area contributed by atoms with E-state index in [1.807, 2.05) is 0 Å². The second-order valence-corrected chi connectivity index (χ2v) is 7.81. The van der Waals surface area contributed by atoms with E-state index in [0.717, 1.165) is 57.8 Å². The topological polar surface area (TPSA) is 44.8 Å². The molecule has 0 aromatic rings. The number of nitrogens with one attached hydrogen (secondary N) is 1.